The summed E-state index contributed by atoms with van der Waals surface area (Å²) in [6.07, 6.45) is 0.784. The lowest BCUT2D eigenvalue weighted by molar-refractivity contribution is 0.579. The Hall–Kier alpha value is -1.07. The van der Waals surface area contributed by atoms with Gasteiger partial charge in [0.25, 0.3) is 0 Å². The predicted octanol–water partition coefficient (Wildman–Crippen LogP) is 2.03. The molecule has 0 spiro atoms. The van der Waals surface area contributed by atoms with Crippen molar-refractivity contribution in [1.29, 1.82) is 0 Å². The second kappa shape index (κ2) is 5.51. The lowest BCUT2D eigenvalue weighted by atomic mass is 10.1. The van der Waals surface area contributed by atoms with Gasteiger partial charge in [0.05, 0.1) is 4.90 Å². The van der Waals surface area contributed by atoms with Gasteiger partial charge in [0.15, 0.2) is 0 Å². The lowest BCUT2D eigenvalue weighted by Crippen LogP contribution is -2.26. The van der Waals surface area contributed by atoms with Crippen LogP contribution in [-0.2, 0) is 10.0 Å². The average molecular weight is 256 g/mol. The maximum absolute atomic E-state index is 12.1. The summed E-state index contributed by atoms with van der Waals surface area (Å²) >= 11 is 0. The Labute approximate surface area is 103 Å². The minimum Gasteiger partial charge on any atom is -0.388 e. The minimum absolute atomic E-state index is 0.393. The van der Waals surface area contributed by atoms with Gasteiger partial charge in [-0.15, -0.1) is 0 Å². The summed E-state index contributed by atoms with van der Waals surface area (Å²) in [4.78, 5) is 0.393. The minimum atomic E-state index is -3.39. The molecule has 2 N–H and O–H groups in total. The number of sulfonamides is 1. The molecule has 1 aromatic rings. The summed E-state index contributed by atoms with van der Waals surface area (Å²) in [6.45, 7) is 6.03. The van der Waals surface area contributed by atoms with Crippen molar-refractivity contribution in [1.82, 2.24) is 4.72 Å². The Balaban J connectivity index is 3.23. The van der Waals surface area contributed by atoms with Gasteiger partial charge in [0, 0.05) is 19.3 Å². The smallest absolute Gasteiger partial charge is 0.241 e. The van der Waals surface area contributed by atoms with Crippen molar-refractivity contribution in [2.24, 2.45) is 0 Å². The van der Waals surface area contributed by atoms with Gasteiger partial charge >= 0.3 is 0 Å². The first-order chi connectivity index (χ1) is 7.92. The third kappa shape index (κ3) is 3.20. The molecule has 0 fully saturated rings. The van der Waals surface area contributed by atoms with E-state index in [4.69, 9.17) is 0 Å². The molecule has 0 radical (unpaired) electrons. The number of benzene rings is 1. The van der Waals surface area contributed by atoms with E-state index in [1.807, 2.05) is 40.0 Å². The van der Waals surface area contributed by atoms with E-state index in [-0.39, 0.29) is 0 Å². The van der Waals surface area contributed by atoms with Gasteiger partial charge in [-0.25, -0.2) is 13.1 Å². The Kier molecular flexibility index (Phi) is 4.54. The van der Waals surface area contributed by atoms with Crippen LogP contribution in [0.4, 0.5) is 5.69 Å². The van der Waals surface area contributed by atoms with Crippen molar-refractivity contribution in [2.75, 3.05) is 18.9 Å². The van der Waals surface area contributed by atoms with Crippen molar-refractivity contribution < 1.29 is 8.42 Å². The molecule has 0 saturated carbocycles. The van der Waals surface area contributed by atoms with Crippen LogP contribution in [0.25, 0.3) is 0 Å². The summed E-state index contributed by atoms with van der Waals surface area (Å²) in [5.41, 5.74) is 2.45. The Bertz CT molecular complexity index is 472. The van der Waals surface area contributed by atoms with Crippen LogP contribution in [0.3, 0.4) is 0 Å². The maximum atomic E-state index is 12.1. The zero-order valence-electron chi connectivity index (χ0n) is 10.8. The number of hydrogen-bond donors (Lipinski definition) is 2. The average Bonchev–Trinajstić information content (AvgIpc) is 2.25. The first-order valence-electron chi connectivity index (χ1n) is 5.71. The van der Waals surface area contributed by atoms with E-state index in [0.717, 1.165) is 23.2 Å². The summed E-state index contributed by atoms with van der Waals surface area (Å²) in [5, 5.41) is 3.02. The zero-order valence-corrected chi connectivity index (χ0v) is 11.6. The zero-order chi connectivity index (χ0) is 13.1. The van der Waals surface area contributed by atoms with Gasteiger partial charge in [-0.05, 0) is 43.5 Å². The summed E-state index contributed by atoms with van der Waals surface area (Å²) in [7, 11) is -1.57. The van der Waals surface area contributed by atoms with Crippen LogP contribution in [-0.4, -0.2) is 22.0 Å². The molecular weight excluding hydrogens is 236 g/mol. The van der Waals surface area contributed by atoms with E-state index >= 15 is 0 Å². The van der Waals surface area contributed by atoms with Gasteiger partial charge in [0.1, 0.15) is 0 Å². The molecule has 1 aromatic carbocycles. The van der Waals surface area contributed by atoms with Crippen LogP contribution >= 0.6 is 0 Å². The highest BCUT2D eigenvalue weighted by Gasteiger charge is 2.19. The second-order valence-electron chi connectivity index (χ2n) is 4.09. The fraction of sp³-hybridized carbons (Fsp3) is 0.500. The fourth-order valence-electron chi connectivity index (χ4n) is 1.83. The molecule has 0 atom stereocenters. The van der Waals surface area contributed by atoms with Crippen LogP contribution < -0.4 is 10.0 Å². The number of hydrogen-bond acceptors (Lipinski definition) is 3. The van der Waals surface area contributed by atoms with E-state index < -0.39 is 10.0 Å². The molecule has 0 bridgehead atoms. The molecule has 0 heterocycles. The Morgan fingerprint density at radius 2 is 1.71 bits per heavy atom. The molecule has 0 aromatic heterocycles. The van der Waals surface area contributed by atoms with E-state index in [0.29, 0.717) is 11.4 Å². The maximum Gasteiger partial charge on any atom is 0.241 e. The quantitative estimate of drug-likeness (QED) is 0.847. The fourth-order valence-corrected chi connectivity index (χ4v) is 3.41. The highest BCUT2D eigenvalue weighted by molar-refractivity contribution is 7.89. The van der Waals surface area contributed by atoms with E-state index in [1.54, 1.807) is 0 Å². The van der Waals surface area contributed by atoms with Gasteiger partial charge in [-0.3, -0.25) is 0 Å². The van der Waals surface area contributed by atoms with Crippen LogP contribution in [0.5, 0.6) is 0 Å². The molecule has 5 heteroatoms. The summed E-state index contributed by atoms with van der Waals surface area (Å²) in [5.74, 6) is 0. The largest absolute Gasteiger partial charge is 0.388 e. The predicted molar refractivity (Wildman–Crippen MR) is 70.9 cm³/mol. The van der Waals surface area contributed by atoms with Crippen molar-refractivity contribution in [3.05, 3.63) is 23.3 Å². The van der Waals surface area contributed by atoms with Crippen LogP contribution in [0.2, 0.25) is 0 Å². The summed E-state index contributed by atoms with van der Waals surface area (Å²) in [6, 6.07) is 3.68. The highest BCUT2D eigenvalue weighted by Crippen LogP contribution is 2.24. The molecule has 0 aliphatic carbocycles. The molecule has 4 nitrogen and oxygen atoms in total. The van der Waals surface area contributed by atoms with Crippen molar-refractivity contribution >= 4 is 15.7 Å². The topological polar surface area (TPSA) is 58.2 Å². The second-order valence-corrected chi connectivity index (χ2v) is 5.79. The molecule has 96 valence electrons. The first-order valence-corrected chi connectivity index (χ1v) is 7.19. The van der Waals surface area contributed by atoms with E-state index in [9.17, 15) is 8.42 Å². The molecule has 17 heavy (non-hydrogen) atoms. The molecule has 0 saturated heterocycles. The van der Waals surface area contributed by atoms with Gasteiger partial charge in [0.2, 0.25) is 10.0 Å². The number of anilines is 1. The standard InChI is InChI=1S/C12H20N2O2S/c1-5-6-14-17(15,16)12-9(2)7-11(13-4)8-10(12)3/h7-8,13-14H,5-6H2,1-4H3. The first kappa shape index (κ1) is 14.0. The SMILES string of the molecule is CCCNS(=O)(=O)c1c(C)cc(NC)cc1C. The lowest BCUT2D eigenvalue weighted by Gasteiger charge is -2.13. The van der Waals surface area contributed by atoms with E-state index in [2.05, 4.69) is 10.0 Å². The van der Waals surface area contributed by atoms with Gasteiger partial charge < -0.3 is 5.32 Å². The Morgan fingerprint density at radius 3 is 2.12 bits per heavy atom. The van der Waals surface area contributed by atoms with Crippen LogP contribution in [0, 0.1) is 13.8 Å². The normalized spacial score (nSPS) is 11.5. The van der Waals surface area contributed by atoms with Crippen LogP contribution in [0.15, 0.2) is 17.0 Å². The van der Waals surface area contributed by atoms with Crippen LogP contribution in [0.1, 0.15) is 24.5 Å². The molecule has 0 unspecified atom stereocenters. The van der Waals surface area contributed by atoms with Gasteiger partial charge in [-0.2, -0.15) is 0 Å². The van der Waals surface area contributed by atoms with Crippen molar-refractivity contribution in [2.45, 2.75) is 32.1 Å². The molecular formula is C12H20N2O2S. The van der Waals surface area contributed by atoms with Crippen molar-refractivity contribution in [3.8, 4) is 0 Å². The van der Waals surface area contributed by atoms with Gasteiger partial charge in [-0.1, -0.05) is 6.92 Å². The third-order valence-electron chi connectivity index (χ3n) is 2.56. The third-order valence-corrected chi connectivity index (χ3v) is 4.33. The van der Waals surface area contributed by atoms with E-state index in [1.165, 1.54) is 0 Å². The highest BCUT2D eigenvalue weighted by atomic mass is 32.2. The molecule has 0 aliphatic heterocycles. The number of aryl methyl sites for hydroxylation is 2. The molecule has 0 amide bonds. The Morgan fingerprint density at radius 1 is 1.18 bits per heavy atom. The van der Waals surface area contributed by atoms with Crippen molar-refractivity contribution in [3.63, 3.8) is 0 Å². The summed E-state index contributed by atoms with van der Waals surface area (Å²) < 4.78 is 26.8. The number of rotatable bonds is 5. The number of nitrogens with one attached hydrogen (secondary N) is 2. The molecule has 0 aliphatic rings. The molecule has 1 rings (SSSR count). The monoisotopic (exact) mass is 256 g/mol.